The molecule has 136 valence electrons. The fourth-order valence-electron chi connectivity index (χ4n) is 2.48. The summed E-state index contributed by atoms with van der Waals surface area (Å²) in [4.78, 5) is 25.1. The Labute approximate surface area is 154 Å². The van der Waals surface area contributed by atoms with Gasteiger partial charge in [-0.1, -0.05) is 36.3 Å². The van der Waals surface area contributed by atoms with Gasteiger partial charge in [-0.2, -0.15) is 0 Å². The Morgan fingerprint density at radius 1 is 1.23 bits per heavy atom. The average molecular weight is 353 g/mol. The van der Waals surface area contributed by atoms with Crippen molar-refractivity contribution in [3.63, 3.8) is 0 Å². The second-order valence-corrected chi connectivity index (χ2v) is 5.65. The Morgan fingerprint density at radius 2 is 2.00 bits per heavy atom. The second-order valence-electron chi connectivity index (χ2n) is 5.65. The number of unbranched alkanes of at least 4 members (excludes halogenated alkanes) is 1. The van der Waals surface area contributed by atoms with E-state index >= 15 is 0 Å². The molecule has 2 rings (SSSR count). The smallest absolute Gasteiger partial charge is 0.415 e. The molecule has 0 N–H and O–H groups in total. The van der Waals surface area contributed by atoms with Gasteiger partial charge in [0.25, 0.3) is 0 Å². The van der Waals surface area contributed by atoms with Crippen LogP contribution in [0.1, 0.15) is 25.3 Å². The zero-order chi connectivity index (χ0) is 18.8. The van der Waals surface area contributed by atoms with E-state index in [0.29, 0.717) is 0 Å². The van der Waals surface area contributed by atoms with Crippen molar-refractivity contribution in [1.29, 1.82) is 0 Å². The van der Waals surface area contributed by atoms with Crippen LogP contribution in [0.2, 0.25) is 0 Å². The minimum atomic E-state index is -0.540. The van der Waals surface area contributed by atoms with Gasteiger partial charge in [0.05, 0.1) is 19.3 Å². The number of amides is 1. The summed E-state index contributed by atoms with van der Waals surface area (Å²) in [6, 6.07) is 9.78. The monoisotopic (exact) mass is 353 g/mol. The third kappa shape index (κ3) is 5.52. The molecule has 1 aromatic rings. The Hall–Kier alpha value is -3.00. The first-order chi connectivity index (χ1) is 12.7. The van der Waals surface area contributed by atoms with E-state index in [9.17, 15) is 9.59 Å². The van der Waals surface area contributed by atoms with Crippen LogP contribution >= 0.6 is 0 Å². The lowest BCUT2D eigenvalue weighted by atomic mass is 10.1. The molecule has 0 aromatic heterocycles. The summed E-state index contributed by atoms with van der Waals surface area (Å²) in [7, 11) is 1.30. The van der Waals surface area contributed by atoms with Crippen molar-refractivity contribution in [2.45, 2.75) is 32.2 Å². The number of nitrogens with zero attached hydrogens (tertiary/aromatic N) is 1. The van der Waals surface area contributed by atoms with Crippen molar-refractivity contribution < 1.29 is 19.1 Å². The van der Waals surface area contributed by atoms with Crippen LogP contribution in [-0.2, 0) is 20.7 Å². The number of hydrogen-bond donors (Lipinski definition) is 0. The van der Waals surface area contributed by atoms with Crippen molar-refractivity contribution in [2.75, 3.05) is 13.7 Å². The molecule has 26 heavy (non-hydrogen) atoms. The van der Waals surface area contributed by atoms with Crippen LogP contribution in [0.15, 0.2) is 54.3 Å². The van der Waals surface area contributed by atoms with Gasteiger partial charge in [-0.25, -0.2) is 9.59 Å². The molecule has 5 heteroatoms. The molecule has 1 unspecified atom stereocenters. The Morgan fingerprint density at radius 3 is 2.69 bits per heavy atom. The van der Waals surface area contributed by atoms with Crippen molar-refractivity contribution in [2.24, 2.45) is 0 Å². The molecule has 1 aromatic carbocycles. The van der Waals surface area contributed by atoms with Crippen LogP contribution in [0.3, 0.4) is 0 Å². The maximum Gasteiger partial charge on any atom is 0.415 e. The summed E-state index contributed by atoms with van der Waals surface area (Å²) >= 11 is 0. The topological polar surface area (TPSA) is 55.8 Å². The van der Waals surface area contributed by atoms with Crippen LogP contribution in [-0.4, -0.2) is 36.7 Å². The van der Waals surface area contributed by atoms with E-state index in [-0.39, 0.29) is 12.2 Å². The van der Waals surface area contributed by atoms with E-state index in [4.69, 9.17) is 9.47 Å². The minimum Gasteiger partial charge on any atom is -0.465 e. The lowest BCUT2D eigenvalue weighted by molar-refractivity contribution is -0.135. The van der Waals surface area contributed by atoms with Crippen molar-refractivity contribution in [3.05, 3.63) is 59.8 Å². The van der Waals surface area contributed by atoms with Crippen LogP contribution in [0.4, 0.5) is 4.79 Å². The fraction of sp³-hybridized carbons (Fsp3) is 0.333. The number of carbonyl (C=O) groups is 2. The third-order valence-corrected chi connectivity index (χ3v) is 3.80. The standard InChI is InChI=1S/C21H23NO4/c1-3-26-21(24)22-16-18(20(23)25-2)14-15-19(22)13-9-5-8-12-17-10-6-4-7-11-17/h4,6-7,10-11,14-16,19H,3,5,8,12H2,1-2H3. The predicted octanol–water partition coefficient (Wildman–Crippen LogP) is 3.47. The van der Waals surface area contributed by atoms with Gasteiger partial charge >= 0.3 is 12.1 Å². The lowest BCUT2D eigenvalue weighted by Gasteiger charge is -2.25. The highest BCUT2D eigenvalue weighted by Gasteiger charge is 2.25. The largest absolute Gasteiger partial charge is 0.465 e. The summed E-state index contributed by atoms with van der Waals surface area (Å²) in [5.74, 6) is 5.67. The first-order valence-electron chi connectivity index (χ1n) is 8.61. The molecule has 0 saturated carbocycles. The zero-order valence-corrected chi connectivity index (χ0v) is 15.1. The van der Waals surface area contributed by atoms with Crippen LogP contribution < -0.4 is 0 Å². The fourth-order valence-corrected chi connectivity index (χ4v) is 2.48. The number of aryl methyl sites for hydroxylation is 1. The summed E-state index contributed by atoms with van der Waals surface area (Å²) in [5, 5.41) is 0. The molecule has 1 atom stereocenters. The molecule has 0 bridgehead atoms. The zero-order valence-electron chi connectivity index (χ0n) is 15.1. The molecule has 0 fully saturated rings. The van der Waals surface area contributed by atoms with Crippen LogP contribution in [0, 0.1) is 11.8 Å². The number of carbonyl (C=O) groups excluding carboxylic acids is 2. The number of esters is 1. The van der Waals surface area contributed by atoms with Gasteiger partial charge < -0.3 is 9.47 Å². The van der Waals surface area contributed by atoms with Crippen molar-refractivity contribution >= 4 is 12.1 Å². The molecule has 1 amide bonds. The van der Waals surface area contributed by atoms with Gasteiger partial charge in [0.15, 0.2) is 0 Å². The van der Waals surface area contributed by atoms with Gasteiger partial charge in [-0.15, -0.1) is 5.92 Å². The van der Waals surface area contributed by atoms with Crippen LogP contribution in [0.5, 0.6) is 0 Å². The molecule has 0 aliphatic carbocycles. The average Bonchev–Trinajstić information content (AvgIpc) is 2.68. The number of benzene rings is 1. The molecule has 0 saturated heterocycles. The summed E-state index contributed by atoms with van der Waals surface area (Å²) in [5.41, 5.74) is 1.56. The Bertz CT molecular complexity index is 740. The second kappa shape index (κ2) is 10.1. The molecule has 0 spiro atoms. The van der Waals surface area contributed by atoms with Gasteiger partial charge in [-0.05, 0) is 37.5 Å². The van der Waals surface area contributed by atoms with E-state index < -0.39 is 18.1 Å². The molecular weight excluding hydrogens is 330 g/mol. The lowest BCUT2D eigenvalue weighted by Crippen LogP contribution is -2.37. The van der Waals surface area contributed by atoms with E-state index in [1.807, 2.05) is 18.2 Å². The molecule has 1 heterocycles. The minimum absolute atomic E-state index is 0.248. The van der Waals surface area contributed by atoms with Crippen molar-refractivity contribution in [3.8, 4) is 11.8 Å². The van der Waals surface area contributed by atoms with E-state index in [1.165, 1.54) is 23.8 Å². The highest BCUT2D eigenvalue weighted by Crippen LogP contribution is 2.16. The highest BCUT2D eigenvalue weighted by molar-refractivity contribution is 5.92. The summed E-state index contributed by atoms with van der Waals surface area (Å²) in [6.07, 6.45) is 6.83. The van der Waals surface area contributed by atoms with Gasteiger partial charge in [0.2, 0.25) is 0 Å². The molecule has 1 aliphatic heterocycles. The maximum atomic E-state index is 12.1. The SMILES string of the molecule is CCOC(=O)N1C=C(C(=O)OC)C=CC1C#CCCCc1ccccc1. The highest BCUT2D eigenvalue weighted by atomic mass is 16.6. The van der Waals surface area contributed by atoms with Crippen molar-refractivity contribution in [1.82, 2.24) is 4.90 Å². The first kappa shape index (κ1) is 19.3. The van der Waals surface area contributed by atoms with Gasteiger partial charge in [0, 0.05) is 12.6 Å². The quantitative estimate of drug-likeness (QED) is 0.462. The first-order valence-corrected chi connectivity index (χ1v) is 8.61. The summed E-state index contributed by atoms with van der Waals surface area (Å²) < 4.78 is 9.74. The van der Waals surface area contributed by atoms with E-state index in [0.717, 1.165) is 19.3 Å². The maximum absolute atomic E-state index is 12.1. The van der Waals surface area contributed by atoms with Crippen LogP contribution in [0.25, 0.3) is 0 Å². The Balaban J connectivity index is 1.98. The van der Waals surface area contributed by atoms with E-state index in [1.54, 1.807) is 19.1 Å². The predicted molar refractivity (Wildman–Crippen MR) is 99.0 cm³/mol. The van der Waals surface area contributed by atoms with Gasteiger partial charge in [-0.3, -0.25) is 4.90 Å². The third-order valence-electron chi connectivity index (χ3n) is 3.80. The summed E-state index contributed by atoms with van der Waals surface area (Å²) in [6.45, 7) is 1.98. The normalized spacial score (nSPS) is 15.5. The number of rotatable bonds is 5. The molecular formula is C21H23NO4. The number of ether oxygens (including phenoxy) is 2. The molecule has 5 nitrogen and oxygen atoms in total. The van der Waals surface area contributed by atoms with E-state index in [2.05, 4.69) is 24.0 Å². The van der Waals surface area contributed by atoms with Gasteiger partial charge in [0.1, 0.15) is 6.04 Å². The number of methoxy groups -OCH3 is 1. The number of hydrogen-bond acceptors (Lipinski definition) is 4. The Kier molecular flexibility index (Phi) is 7.50. The molecule has 1 aliphatic rings. The molecule has 0 radical (unpaired) electrons.